The molecule has 0 saturated heterocycles. The molecule has 2 aromatic carbocycles. The van der Waals surface area contributed by atoms with Crippen LogP contribution in [0.3, 0.4) is 0 Å². The zero-order valence-corrected chi connectivity index (χ0v) is 12.2. The molecule has 2 nitrogen and oxygen atoms in total. The molecule has 0 atom stereocenters. The Morgan fingerprint density at radius 2 is 1.48 bits per heavy atom. The third-order valence-electron chi connectivity index (χ3n) is 3.72. The second-order valence-electron chi connectivity index (χ2n) is 5.24. The molecule has 0 N–H and O–H groups in total. The summed E-state index contributed by atoms with van der Waals surface area (Å²) in [6.07, 6.45) is 2.07. The minimum Gasteiger partial charge on any atom is -0.350 e. The number of rotatable bonds is 2. The lowest BCUT2D eigenvalue weighted by atomic mass is 10.00. The van der Waals surface area contributed by atoms with Crippen molar-refractivity contribution in [3.05, 3.63) is 71.9 Å². The summed E-state index contributed by atoms with van der Waals surface area (Å²) < 4.78 is 2.14. The van der Waals surface area contributed by atoms with E-state index in [2.05, 4.69) is 61.1 Å². The Morgan fingerprint density at radius 1 is 0.857 bits per heavy atom. The van der Waals surface area contributed by atoms with Crippen molar-refractivity contribution < 1.29 is 0 Å². The summed E-state index contributed by atoms with van der Waals surface area (Å²) in [5, 5.41) is 8.91. The maximum absolute atomic E-state index is 8.91. The summed E-state index contributed by atoms with van der Waals surface area (Å²) in [7, 11) is 2.06. The van der Waals surface area contributed by atoms with Crippen LogP contribution in [0, 0.1) is 18.3 Å². The third-order valence-corrected chi connectivity index (χ3v) is 3.72. The predicted octanol–water partition coefficient (Wildman–Crippen LogP) is 4.54. The van der Waals surface area contributed by atoms with Gasteiger partial charge in [0, 0.05) is 18.8 Å². The second-order valence-corrected chi connectivity index (χ2v) is 5.24. The summed E-state index contributed by atoms with van der Waals surface area (Å²) in [6, 6.07) is 20.6. The number of benzene rings is 2. The maximum Gasteiger partial charge on any atom is 0.0991 e. The third kappa shape index (κ3) is 2.46. The molecule has 1 heterocycles. The van der Waals surface area contributed by atoms with E-state index < -0.39 is 0 Å². The van der Waals surface area contributed by atoms with Crippen LogP contribution in [0.4, 0.5) is 0 Å². The van der Waals surface area contributed by atoms with Crippen LogP contribution in [0.25, 0.3) is 22.4 Å². The molecule has 0 spiro atoms. The standard InChI is InChI=1S/C19H16N2/c1-14-3-7-17(8-4-14)19-18(11-12-21(19)2)16-9-5-15(13-20)6-10-16/h3-12H,1-2H3. The molecule has 2 heteroatoms. The molecule has 0 amide bonds. The molecule has 0 aliphatic heterocycles. The van der Waals surface area contributed by atoms with Crippen molar-refractivity contribution in [2.75, 3.05) is 0 Å². The van der Waals surface area contributed by atoms with Crippen molar-refractivity contribution in [3.63, 3.8) is 0 Å². The fourth-order valence-corrected chi connectivity index (χ4v) is 2.56. The minimum absolute atomic E-state index is 0.687. The first kappa shape index (κ1) is 13.2. The Kier molecular flexibility index (Phi) is 3.33. The highest BCUT2D eigenvalue weighted by molar-refractivity contribution is 5.82. The zero-order valence-electron chi connectivity index (χ0n) is 12.2. The molecule has 0 radical (unpaired) electrons. The van der Waals surface area contributed by atoms with Crippen molar-refractivity contribution in [1.29, 1.82) is 5.26 Å². The van der Waals surface area contributed by atoms with E-state index in [9.17, 15) is 0 Å². The number of hydrogen-bond acceptors (Lipinski definition) is 1. The zero-order chi connectivity index (χ0) is 14.8. The van der Waals surface area contributed by atoms with E-state index in [4.69, 9.17) is 5.26 Å². The number of aromatic nitrogens is 1. The largest absolute Gasteiger partial charge is 0.350 e. The highest BCUT2D eigenvalue weighted by Gasteiger charge is 2.11. The van der Waals surface area contributed by atoms with E-state index >= 15 is 0 Å². The van der Waals surface area contributed by atoms with Gasteiger partial charge in [0.25, 0.3) is 0 Å². The molecule has 102 valence electrons. The van der Waals surface area contributed by atoms with Gasteiger partial charge in [0.1, 0.15) is 0 Å². The van der Waals surface area contributed by atoms with Crippen LogP contribution >= 0.6 is 0 Å². The van der Waals surface area contributed by atoms with Gasteiger partial charge in [-0.1, -0.05) is 42.0 Å². The molecule has 0 aliphatic rings. The number of aryl methyl sites for hydroxylation is 2. The van der Waals surface area contributed by atoms with E-state index in [1.165, 1.54) is 22.4 Å². The molecule has 0 unspecified atom stereocenters. The van der Waals surface area contributed by atoms with Crippen LogP contribution in [-0.2, 0) is 7.05 Å². The van der Waals surface area contributed by atoms with Crippen molar-refractivity contribution in [2.45, 2.75) is 6.92 Å². The molecule has 3 aromatic rings. The second kappa shape index (κ2) is 5.30. The van der Waals surface area contributed by atoms with Crippen molar-refractivity contribution in [3.8, 4) is 28.5 Å². The average Bonchev–Trinajstić information content (AvgIpc) is 2.90. The SMILES string of the molecule is Cc1ccc(-c2c(-c3ccc(C#N)cc3)ccn2C)cc1. The molecule has 1 aromatic heterocycles. The lowest BCUT2D eigenvalue weighted by Gasteiger charge is -2.09. The van der Waals surface area contributed by atoms with Gasteiger partial charge in [-0.2, -0.15) is 5.26 Å². The molecule has 21 heavy (non-hydrogen) atoms. The summed E-state index contributed by atoms with van der Waals surface area (Å²) in [6.45, 7) is 2.09. The van der Waals surface area contributed by atoms with Crippen LogP contribution in [0.5, 0.6) is 0 Å². The monoisotopic (exact) mass is 272 g/mol. The fraction of sp³-hybridized carbons (Fsp3) is 0.105. The summed E-state index contributed by atoms with van der Waals surface area (Å²) in [4.78, 5) is 0. The smallest absolute Gasteiger partial charge is 0.0991 e. The Labute approximate surface area is 124 Å². The molecule has 3 rings (SSSR count). The molecule has 0 aliphatic carbocycles. The first-order valence-corrected chi connectivity index (χ1v) is 6.92. The lowest BCUT2D eigenvalue weighted by Crippen LogP contribution is -1.91. The van der Waals surface area contributed by atoms with E-state index in [1.807, 2.05) is 24.3 Å². The van der Waals surface area contributed by atoms with Crippen molar-refractivity contribution in [2.24, 2.45) is 7.05 Å². The normalized spacial score (nSPS) is 10.3. The summed E-state index contributed by atoms with van der Waals surface area (Å²) in [5.74, 6) is 0. The van der Waals surface area contributed by atoms with E-state index in [1.54, 1.807) is 0 Å². The van der Waals surface area contributed by atoms with Crippen LogP contribution in [-0.4, -0.2) is 4.57 Å². The number of hydrogen-bond donors (Lipinski definition) is 0. The van der Waals surface area contributed by atoms with Gasteiger partial charge >= 0.3 is 0 Å². The van der Waals surface area contributed by atoms with Crippen LogP contribution < -0.4 is 0 Å². The average molecular weight is 272 g/mol. The Hall–Kier alpha value is -2.79. The van der Waals surface area contributed by atoms with Gasteiger partial charge in [-0.15, -0.1) is 0 Å². The quantitative estimate of drug-likeness (QED) is 0.673. The first-order valence-electron chi connectivity index (χ1n) is 6.92. The molecule has 0 saturated carbocycles. The van der Waals surface area contributed by atoms with Crippen molar-refractivity contribution >= 4 is 0 Å². The van der Waals surface area contributed by atoms with Gasteiger partial charge in [0.05, 0.1) is 17.3 Å². The Morgan fingerprint density at radius 3 is 2.10 bits per heavy atom. The van der Waals surface area contributed by atoms with Gasteiger partial charge in [-0.05, 0) is 36.2 Å². The van der Waals surface area contributed by atoms with Gasteiger partial charge in [-0.3, -0.25) is 0 Å². The lowest BCUT2D eigenvalue weighted by molar-refractivity contribution is 0.937. The van der Waals surface area contributed by atoms with Crippen molar-refractivity contribution in [1.82, 2.24) is 4.57 Å². The topological polar surface area (TPSA) is 28.7 Å². The van der Waals surface area contributed by atoms with E-state index in [-0.39, 0.29) is 0 Å². The Balaban J connectivity index is 2.12. The maximum atomic E-state index is 8.91. The van der Waals surface area contributed by atoms with Crippen LogP contribution in [0.1, 0.15) is 11.1 Å². The van der Waals surface area contributed by atoms with E-state index in [0.717, 1.165) is 5.56 Å². The van der Waals surface area contributed by atoms with Gasteiger partial charge in [0.15, 0.2) is 0 Å². The molecule has 0 bridgehead atoms. The van der Waals surface area contributed by atoms with Crippen LogP contribution in [0.15, 0.2) is 60.8 Å². The van der Waals surface area contributed by atoms with Gasteiger partial charge in [0.2, 0.25) is 0 Å². The van der Waals surface area contributed by atoms with Gasteiger partial charge in [-0.25, -0.2) is 0 Å². The number of nitriles is 1. The summed E-state index contributed by atoms with van der Waals surface area (Å²) in [5.41, 5.74) is 6.66. The molecular weight excluding hydrogens is 256 g/mol. The Bertz CT molecular complexity index is 800. The highest BCUT2D eigenvalue weighted by atomic mass is 14.9. The molecular formula is C19H16N2. The van der Waals surface area contributed by atoms with E-state index in [0.29, 0.717) is 5.56 Å². The molecule has 0 fully saturated rings. The predicted molar refractivity (Wildman–Crippen MR) is 85.7 cm³/mol. The van der Waals surface area contributed by atoms with Gasteiger partial charge < -0.3 is 4.57 Å². The minimum atomic E-state index is 0.687. The number of nitrogens with zero attached hydrogens (tertiary/aromatic N) is 2. The highest BCUT2D eigenvalue weighted by Crippen LogP contribution is 2.32. The fourth-order valence-electron chi connectivity index (χ4n) is 2.56. The summed E-state index contributed by atoms with van der Waals surface area (Å²) >= 11 is 0. The van der Waals surface area contributed by atoms with Crippen LogP contribution in [0.2, 0.25) is 0 Å². The first-order chi connectivity index (χ1) is 10.2.